The van der Waals surface area contributed by atoms with E-state index in [2.05, 4.69) is 5.10 Å². The Balaban J connectivity index is 2.39. The van der Waals surface area contributed by atoms with E-state index in [-0.39, 0.29) is 27.2 Å². The lowest BCUT2D eigenvalue weighted by Gasteiger charge is -2.05. The fraction of sp³-hybridized carbons (Fsp3) is 0.167. The van der Waals surface area contributed by atoms with Gasteiger partial charge in [0, 0.05) is 17.1 Å². The fourth-order valence-corrected chi connectivity index (χ4v) is 2.34. The van der Waals surface area contributed by atoms with Crippen molar-refractivity contribution in [2.45, 2.75) is 6.92 Å². The number of esters is 1. The lowest BCUT2D eigenvalue weighted by atomic mass is 10.3. The molecule has 0 unspecified atom stereocenters. The standard InChI is InChI=1S/C12H9Cl2N3O4/c1-6-10(17(19)20)11(16(2)15-6)12(18)21-9-4-7(13)3-8(14)5-9/h3-5H,1-2H3. The molecule has 1 aromatic carbocycles. The van der Waals surface area contributed by atoms with Crippen molar-refractivity contribution in [3.05, 3.63) is 49.7 Å². The third kappa shape index (κ3) is 3.14. The van der Waals surface area contributed by atoms with Crippen LogP contribution in [0.4, 0.5) is 5.69 Å². The number of aryl methyl sites for hydroxylation is 2. The van der Waals surface area contributed by atoms with Crippen LogP contribution in [0, 0.1) is 17.0 Å². The van der Waals surface area contributed by atoms with Crippen LogP contribution in [0.25, 0.3) is 0 Å². The second-order valence-electron chi connectivity index (χ2n) is 4.16. The Morgan fingerprint density at radius 3 is 2.43 bits per heavy atom. The predicted octanol–water partition coefficient (Wildman–Crippen LogP) is 3.16. The Bertz CT molecular complexity index is 722. The highest BCUT2D eigenvalue weighted by atomic mass is 35.5. The van der Waals surface area contributed by atoms with Crippen molar-refractivity contribution in [1.29, 1.82) is 0 Å². The minimum absolute atomic E-state index is 0.0886. The lowest BCUT2D eigenvalue weighted by Crippen LogP contribution is -2.15. The van der Waals surface area contributed by atoms with Crippen LogP contribution in [-0.4, -0.2) is 20.7 Å². The second-order valence-corrected chi connectivity index (χ2v) is 5.03. The van der Waals surface area contributed by atoms with Gasteiger partial charge in [-0.25, -0.2) is 4.79 Å². The summed E-state index contributed by atoms with van der Waals surface area (Å²) in [7, 11) is 1.42. The molecule has 0 N–H and O–H groups in total. The molecule has 0 spiro atoms. The topological polar surface area (TPSA) is 87.3 Å². The molecular weight excluding hydrogens is 321 g/mol. The molecule has 0 atom stereocenters. The molecule has 21 heavy (non-hydrogen) atoms. The number of nitrogens with zero attached hydrogens (tertiary/aromatic N) is 3. The number of ether oxygens (including phenoxy) is 1. The van der Waals surface area contributed by atoms with E-state index in [0.29, 0.717) is 0 Å². The molecule has 0 aliphatic heterocycles. The third-order valence-corrected chi connectivity index (χ3v) is 3.05. The van der Waals surface area contributed by atoms with Crippen molar-refractivity contribution in [3.8, 4) is 5.75 Å². The average molecular weight is 330 g/mol. The van der Waals surface area contributed by atoms with Crippen LogP contribution in [-0.2, 0) is 7.05 Å². The van der Waals surface area contributed by atoms with Crippen LogP contribution in [0.3, 0.4) is 0 Å². The molecule has 1 aromatic heterocycles. The SMILES string of the molecule is Cc1nn(C)c(C(=O)Oc2cc(Cl)cc(Cl)c2)c1[N+](=O)[O-]. The Morgan fingerprint density at radius 2 is 1.90 bits per heavy atom. The Kier molecular flexibility index (Phi) is 4.15. The Hall–Kier alpha value is -2.12. The summed E-state index contributed by atoms with van der Waals surface area (Å²) < 4.78 is 6.17. The molecule has 110 valence electrons. The molecule has 0 bridgehead atoms. The highest BCUT2D eigenvalue weighted by Crippen LogP contribution is 2.27. The van der Waals surface area contributed by atoms with E-state index in [1.807, 2.05) is 0 Å². The molecular formula is C12H9Cl2N3O4. The number of carbonyl (C=O) groups is 1. The first-order chi connectivity index (χ1) is 9.79. The van der Waals surface area contributed by atoms with Crippen LogP contribution >= 0.6 is 23.2 Å². The van der Waals surface area contributed by atoms with Crippen molar-refractivity contribution >= 4 is 34.9 Å². The van der Waals surface area contributed by atoms with Gasteiger partial charge in [-0.3, -0.25) is 14.8 Å². The Morgan fingerprint density at radius 1 is 1.33 bits per heavy atom. The minimum Gasteiger partial charge on any atom is -0.422 e. The normalized spacial score (nSPS) is 10.5. The van der Waals surface area contributed by atoms with Crippen LogP contribution in [0.15, 0.2) is 18.2 Å². The van der Waals surface area contributed by atoms with Crippen molar-refractivity contribution in [1.82, 2.24) is 9.78 Å². The number of hydrogen-bond acceptors (Lipinski definition) is 5. The van der Waals surface area contributed by atoms with Crippen molar-refractivity contribution < 1.29 is 14.5 Å². The molecule has 0 amide bonds. The first-order valence-electron chi connectivity index (χ1n) is 5.66. The van der Waals surface area contributed by atoms with Gasteiger partial charge in [0.15, 0.2) is 0 Å². The quantitative estimate of drug-likeness (QED) is 0.373. The van der Waals surface area contributed by atoms with Crippen molar-refractivity contribution in [3.63, 3.8) is 0 Å². The molecule has 2 rings (SSSR count). The zero-order valence-corrected chi connectivity index (χ0v) is 12.5. The highest BCUT2D eigenvalue weighted by molar-refractivity contribution is 6.34. The molecule has 1 heterocycles. The number of nitro groups is 1. The van der Waals surface area contributed by atoms with Crippen LogP contribution in [0.2, 0.25) is 10.0 Å². The number of aromatic nitrogens is 2. The maximum absolute atomic E-state index is 12.1. The monoisotopic (exact) mass is 329 g/mol. The molecule has 0 fully saturated rings. The zero-order chi connectivity index (χ0) is 15.7. The predicted molar refractivity (Wildman–Crippen MR) is 76.0 cm³/mol. The van der Waals surface area contributed by atoms with Crippen LogP contribution in [0.5, 0.6) is 5.75 Å². The van der Waals surface area contributed by atoms with Gasteiger partial charge >= 0.3 is 11.7 Å². The number of halogens is 2. The van der Waals surface area contributed by atoms with Gasteiger partial charge in [-0.05, 0) is 25.1 Å². The smallest absolute Gasteiger partial charge is 0.369 e. The maximum atomic E-state index is 12.1. The van der Waals surface area contributed by atoms with Gasteiger partial charge in [-0.2, -0.15) is 5.10 Å². The molecule has 0 saturated carbocycles. The summed E-state index contributed by atoms with van der Waals surface area (Å²) in [6.07, 6.45) is 0. The van der Waals surface area contributed by atoms with Crippen molar-refractivity contribution in [2.75, 3.05) is 0 Å². The summed E-state index contributed by atoms with van der Waals surface area (Å²) in [6, 6.07) is 4.22. The summed E-state index contributed by atoms with van der Waals surface area (Å²) in [5.74, 6) is -0.825. The molecule has 0 radical (unpaired) electrons. The first kappa shape index (κ1) is 15.3. The molecule has 2 aromatic rings. The summed E-state index contributed by atoms with van der Waals surface area (Å²) in [5.41, 5.74) is -0.525. The second kappa shape index (κ2) is 5.71. The van der Waals surface area contributed by atoms with Crippen LogP contribution < -0.4 is 4.74 Å². The molecule has 0 aliphatic rings. The van der Waals surface area contributed by atoms with E-state index in [4.69, 9.17) is 27.9 Å². The van der Waals surface area contributed by atoms with E-state index in [0.717, 1.165) is 4.68 Å². The summed E-state index contributed by atoms with van der Waals surface area (Å²) in [4.78, 5) is 22.5. The summed E-state index contributed by atoms with van der Waals surface area (Å²) >= 11 is 11.6. The van der Waals surface area contributed by atoms with Gasteiger partial charge < -0.3 is 4.74 Å². The lowest BCUT2D eigenvalue weighted by molar-refractivity contribution is -0.385. The van der Waals surface area contributed by atoms with Gasteiger partial charge in [0.2, 0.25) is 5.69 Å². The Labute approximate surface area is 129 Å². The van der Waals surface area contributed by atoms with Gasteiger partial charge in [0.05, 0.1) is 4.92 Å². The van der Waals surface area contributed by atoms with Gasteiger partial charge in [-0.15, -0.1) is 0 Å². The third-order valence-electron chi connectivity index (χ3n) is 2.61. The van der Waals surface area contributed by atoms with Gasteiger partial charge in [0.1, 0.15) is 11.4 Å². The number of rotatable bonds is 3. The molecule has 9 heteroatoms. The number of hydrogen-bond donors (Lipinski definition) is 0. The van der Waals surface area contributed by atoms with E-state index in [1.54, 1.807) is 0 Å². The van der Waals surface area contributed by atoms with Gasteiger partial charge in [0.25, 0.3) is 0 Å². The van der Waals surface area contributed by atoms with Crippen LogP contribution in [0.1, 0.15) is 16.2 Å². The minimum atomic E-state index is -0.914. The van der Waals surface area contributed by atoms with Gasteiger partial charge in [-0.1, -0.05) is 23.2 Å². The maximum Gasteiger partial charge on any atom is 0.369 e. The zero-order valence-electron chi connectivity index (χ0n) is 11.0. The number of benzene rings is 1. The largest absolute Gasteiger partial charge is 0.422 e. The van der Waals surface area contributed by atoms with E-state index >= 15 is 0 Å². The first-order valence-corrected chi connectivity index (χ1v) is 6.41. The van der Waals surface area contributed by atoms with E-state index in [9.17, 15) is 14.9 Å². The average Bonchev–Trinajstić information content (AvgIpc) is 2.62. The fourth-order valence-electron chi connectivity index (χ4n) is 1.84. The highest BCUT2D eigenvalue weighted by Gasteiger charge is 2.30. The molecule has 7 nitrogen and oxygen atoms in total. The number of carbonyl (C=O) groups excluding carboxylic acids is 1. The van der Waals surface area contributed by atoms with Crippen molar-refractivity contribution in [2.24, 2.45) is 7.05 Å². The summed E-state index contributed by atoms with van der Waals surface area (Å²) in [6.45, 7) is 1.44. The molecule has 0 saturated heterocycles. The molecule has 0 aliphatic carbocycles. The van der Waals surface area contributed by atoms with E-state index < -0.39 is 16.6 Å². The summed E-state index contributed by atoms with van der Waals surface area (Å²) in [5, 5.41) is 15.4. The van der Waals surface area contributed by atoms with E-state index in [1.165, 1.54) is 32.2 Å².